The van der Waals surface area contributed by atoms with Gasteiger partial charge in [-0.05, 0) is 48.2 Å². The summed E-state index contributed by atoms with van der Waals surface area (Å²) >= 11 is 0. The summed E-state index contributed by atoms with van der Waals surface area (Å²) in [6, 6.07) is 19.5. The van der Waals surface area contributed by atoms with Crippen LogP contribution < -0.4 is 5.73 Å². The van der Waals surface area contributed by atoms with E-state index in [1.807, 2.05) is 0 Å². The Labute approximate surface area is 121 Å². The molecule has 1 fully saturated rings. The molecule has 3 rings (SSSR count). The lowest BCUT2D eigenvalue weighted by atomic mass is 10.0. The molecule has 0 spiro atoms. The number of hydrogen-bond acceptors (Lipinski definition) is 2. The molecule has 1 saturated heterocycles. The SMILES string of the molecule is NC[C@@H]1CCN(Cc2cccc(-c3ccccc3)c2)C1. The van der Waals surface area contributed by atoms with E-state index in [-0.39, 0.29) is 0 Å². The zero-order valence-corrected chi connectivity index (χ0v) is 11.8. The molecule has 0 bridgehead atoms. The van der Waals surface area contributed by atoms with Crippen LogP contribution in [0.1, 0.15) is 12.0 Å². The Morgan fingerprint density at radius 3 is 2.55 bits per heavy atom. The minimum absolute atomic E-state index is 0.687. The average Bonchev–Trinajstić information content (AvgIpc) is 2.96. The highest BCUT2D eigenvalue weighted by Gasteiger charge is 2.20. The maximum Gasteiger partial charge on any atom is 0.0234 e. The Hall–Kier alpha value is -1.64. The van der Waals surface area contributed by atoms with E-state index in [1.54, 1.807) is 0 Å². The molecule has 0 saturated carbocycles. The second kappa shape index (κ2) is 6.21. The van der Waals surface area contributed by atoms with Gasteiger partial charge >= 0.3 is 0 Å². The van der Waals surface area contributed by atoms with Crippen LogP contribution in [-0.4, -0.2) is 24.5 Å². The number of nitrogens with two attached hydrogens (primary N) is 1. The van der Waals surface area contributed by atoms with Crippen LogP contribution in [0.15, 0.2) is 54.6 Å². The molecule has 2 nitrogen and oxygen atoms in total. The normalized spacial score (nSPS) is 19.4. The average molecular weight is 266 g/mol. The van der Waals surface area contributed by atoms with E-state index < -0.39 is 0 Å². The van der Waals surface area contributed by atoms with E-state index in [0.29, 0.717) is 5.92 Å². The van der Waals surface area contributed by atoms with Crippen LogP contribution in [-0.2, 0) is 6.54 Å². The van der Waals surface area contributed by atoms with Crippen molar-refractivity contribution in [3.05, 3.63) is 60.2 Å². The van der Waals surface area contributed by atoms with Gasteiger partial charge in [0.25, 0.3) is 0 Å². The monoisotopic (exact) mass is 266 g/mol. The van der Waals surface area contributed by atoms with Gasteiger partial charge in [0, 0.05) is 13.1 Å². The lowest BCUT2D eigenvalue weighted by molar-refractivity contribution is 0.318. The zero-order chi connectivity index (χ0) is 13.8. The van der Waals surface area contributed by atoms with Crippen molar-refractivity contribution in [1.82, 2.24) is 4.90 Å². The lowest BCUT2D eigenvalue weighted by Gasteiger charge is -2.16. The first-order valence-corrected chi connectivity index (χ1v) is 7.42. The van der Waals surface area contributed by atoms with Gasteiger partial charge in [0.1, 0.15) is 0 Å². The predicted octanol–water partition coefficient (Wildman–Crippen LogP) is 3.13. The summed E-state index contributed by atoms with van der Waals surface area (Å²) in [4.78, 5) is 2.52. The second-order valence-corrected chi connectivity index (χ2v) is 5.69. The third-order valence-electron chi connectivity index (χ3n) is 4.14. The van der Waals surface area contributed by atoms with E-state index in [4.69, 9.17) is 5.73 Å². The zero-order valence-electron chi connectivity index (χ0n) is 11.8. The Morgan fingerprint density at radius 2 is 1.80 bits per heavy atom. The highest BCUT2D eigenvalue weighted by molar-refractivity contribution is 5.63. The van der Waals surface area contributed by atoms with Gasteiger partial charge in [-0.2, -0.15) is 0 Å². The van der Waals surface area contributed by atoms with Crippen molar-refractivity contribution in [3.8, 4) is 11.1 Å². The fourth-order valence-corrected chi connectivity index (χ4v) is 2.99. The van der Waals surface area contributed by atoms with Crippen LogP contribution in [0.2, 0.25) is 0 Å². The van der Waals surface area contributed by atoms with Crippen LogP contribution in [0.5, 0.6) is 0 Å². The Kier molecular flexibility index (Phi) is 4.14. The fraction of sp³-hybridized carbons (Fsp3) is 0.333. The summed E-state index contributed by atoms with van der Waals surface area (Å²) in [5.74, 6) is 0.687. The van der Waals surface area contributed by atoms with E-state index >= 15 is 0 Å². The van der Waals surface area contributed by atoms with E-state index in [2.05, 4.69) is 59.5 Å². The summed E-state index contributed by atoms with van der Waals surface area (Å²) in [5.41, 5.74) is 9.75. The molecule has 104 valence electrons. The summed E-state index contributed by atoms with van der Waals surface area (Å²) < 4.78 is 0. The summed E-state index contributed by atoms with van der Waals surface area (Å²) in [6.45, 7) is 4.18. The van der Waals surface area contributed by atoms with Crippen molar-refractivity contribution < 1.29 is 0 Å². The van der Waals surface area contributed by atoms with Gasteiger partial charge in [-0.3, -0.25) is 4.90 Å². The van der Waals surface area contributed by atoms with Crippen LogP contribution in [0.25, 0.3) is 11.1 Å². The summed E-state index contributed by atoms with van der Waals surface area (Å²) in [6.07, 6.45) is 1.24. The quantitative estimate of drug-likeness (QED) is 0.921. The minimum Gasteiger partial charge on any atom is -0.330 e. The molecule has 1 heterocycles. The molecule has 0 radical (unpaired) electrons. The van der Waals surface area contributed by atoms with Gasteiger partial charge in [0.2, 0.25) is 0 Å². The Bertz CT molecular complexity index is 550. The minimum atomic E-state index is 0.687. The lowest BCUT2D eigenvalue weighted by Crippen LogP contribution is -2.22. The molecule has 0 aromatic heterocycles. The summed E-state index contributed by atoms with van der Waals surface area (Å²) in [7, 11) is 0. The molecule has 1 aliphatic heterocycles. The Morgan fingerprint density at radius 1 is 1.00 bits per heavy atom. The molecule has 2 heteroatoms. The molecule has 1 aliphatic rings. The van der Waals surface area contributed by atoms with Crippen molar-refractivity contribution in [2.75, 3.05) is 19.6 Å². The first-order chi connectivity index (χ1) is 9.85. The largest absolute Gasteiger partial charge is 0.330 e. The highest BCUT2D eigenvalue weighted by Crippen LogP contribution is 2.22. The van der Waals surface area contributed by atoms with Crippen LogP contribution >= 0.6 is 0 Å². The van der Waals surface area contributed by atoms with Gasteiger partial charge in [0.15, 0.2) is 0 Å². The molecule has 2 aromatic carbocycles. The van der Waals surface area contributed by atoms with Crippen LogP contribution in [0.3, 0.4) is 0 Å². The van der Waals surface area contributed by atoms with Crippen molar-refractivity contribution in [1.29, 1.82) is 0 Å². The second-order valence-electron chi connectivity index (χ2n) is 5.69. The van der Waals surface area contributed by atoms with Crippen molar-refractivity contribution in [3.63, 3.8) is 0 Å². The first-order valence-electron chi connectivity index (χ1n) is 7.42. The van der Waals surface area contributed by atoms with Gasteiger partial charge in [-0.15, -0.1) is 0 Å². The smallest absolute Gasteiger partial charge is 0.0234 e. The maximum absolute atomic E-state index is 5.76. The summed E-state index contributed by atoms with van der Waals surface area (Å²) in [5, 5.41) is 0. The number of hydrogen-bond donors (Lipinski definition) is 1. The van der Waals surface area contributed by atoms with Crippen LogP contribution in [0, 0.1) is 5.92 Å². The van der Waals surface area contributed by atoms with E-state index in [9.17, 15) is 0 Å². The van der Waals surface area contributed by atoms with Crippen molar-refractivity contribution in [2.45, 2.75) is 13.0 Å². The van der Waals surface area contributed by atoms with Crippen LogP contribution in [0.4, 0.5) is 0 Å². The molecule has 0 aliphatic carbocycles. The molecular formula is C18H22N2. The third kappa shape index (κ3) is 3.09. The number of nitrogens with zero attached hydrogens (tertiary/aromatic N) is 1. The number of rotatable bonds is 4. The first kappa shape index (κ1) is 13.3. The topological polar surface area (TPSA) is 29.3 Å². The molecule has 0 unspecified atom stereocenters. The molecule has 0 amide bonds. The fourth-order valence-electron chi connectivity index (χ4n) is 2.99. The standard InChI is InChI=1S/C18H22N2/c19-12-16-9-10-20(14-16)13-15-5-4-8-18(11-15)17-6-2-1-3-7-17/h1-8,11,16H,9-10,12-14,19H2/t16-/m0/s1. The van der Waals surface area contributed by atoms with Crippen molar-refractivity contribution >= 4 is 0 Å². The third-order valence-corrected chi connectivity index (χ3v) is 4.14. The number of benzene rings is 2. The van der Waals surface area contributed by atoms with Gasteiger partial charge in [-0.25, -0.2) is 0 Å². The Balaban J connectivity index is 1.72. The number of likely N-dealkylation sites (tertiary alicyclic amines) is 1. The van der Waals surface area contributed by atoms with Gasteiger partial charge in [0.05, 0.1) is 0 Å². The highest BCUT2D eigenvalue weighted by atomic mass is 15.1. The molecule has 1 atom stereocenters. The molecular weight excluding hydrogens is 244 g/mol. The van der Waals surface area contributed by atoms with Gasteiger partial charge in [-0.1, -0.05) is 48.5 Å². The molecule has 2 aromatic rings. The predicted molar refractivity (Wildman–Crippen MR) is 84.3 cm³/mol. The molecule has 2 N–H and O–H groups in total. The van der Waals surface area contributed by atoms with E-state index in [0.717, 1.165) is 19.6 Å². The molecule has 20 heavy (non-hydrogen) atoms. The van der Waals surface area contributed by atoms with Gasteiger partial charge < -0.3 is 5.73 Å². The van der Waals surface area contributed by atoms with E-state index in [1.165, 1.54) is 29.7 Å². The maximum atomic E-state index is 5.76. The van der Waals surface area contributed by atoms with Crippen molar-refractivity contribution in [2.24, 2.45) is 11.7 Å².